The van der Waals surface area contributed by atoms with Crippen molar-refractivity contribution in [2.75, 3.05) is 0 Å². The lowest BCUT2D eigenvalue weighted by Crippen LogP contribution is -1.95. The molecular formula is C11H14O2. The number of phenolic OH excluding ortho intramolecular Hbond substituents is 1. The first-order valence-electron chi connectivity index (χ1n) is 4.39. The Bertz CT molecular complexity index is 340. The molecule has 0 spiro atoms. The van der Waals surface area contributed by atoms with Crippen molar-refractivity contribution in [3.8, 4) is 5.75 Å². The van der Waals surface area contributed by atoms with Gasteiger partial charge in [-0.15, -0.1) is 0 Å². The lowest BCUT2D eigenvalue weighted by molar-refractivity contribution is 0.112. The number of aromatic hydroxyl groups is 1. The van der Waals surface area contributed by atoms with Gasteiger partial charge in [0.2, 0.25) is 0 Å². The van der Waals surface area contributed by atoms with E-state index >= 15 is 0 Å². The van der Waals surface area contributed by atoms with E-state index in [1.165, 1.54) is 0 Å². The molecule has 0 aliphatic heterocycles. The molecular weight excluding hydrogens is 164 g/mol. The molecule has 0 radical (unpaired) electrons. The molecule has 70 valence electrons. The molecule has 0 unspecified atom stereocenters. The molecule has 0 heterocycles. The zero-order valence-electron chi connectivity index (χ0n) is 8.22. The van der Waals surface area contributed by atoms with E-state index in [0.29, 0.717) is 11.8 Å². The van der Waals surface area contributed by atoms with Crippen LogP contribution in [0.25, 0.3) is 0 Å². The number of hydrogen-bond acceptors (Lipinski definition) is 2. The van der Waals surface area contributed by atoms with E-state index in [-0.39, 0.29) is 5.75 Å². The minimum absolute atomic E-state index is 0.123. The van der Waals surface area contributed by atoms with Gasteiger partial charge in [-0.2, -0.15) is 0 Å². The maximum absolute atomic E-state index is 10.6. The topological polar surface area (TPSA) is 37.3 Å². The van der Waals surface area contributed by atoms with Gasteiger partial charge < -0.3 is 5.11 Å². The molecule has 0 aromatic heterocycles. The second kappa shape index (κ2) is 3.60. The van der Waals surface area contributed by atoms with Gasteiger partial charge in [0.05, 0.1) is 5.56 Å². The van der Waals surface area contributed by atoms with E-state index in [1.54, 1.807) is 6.07 Å². The van der Waals surface area contributed by atoms with Crippen LogP contribution in [0.2, 0.25) is 0 Å². The molecule has 0 bridgehead atoms. The van der Waals surface area contributed by atoms with E-state index in [4.69, 9.17) is 0 Å². The molecule has 0 aliphatic carbocycles. The molecule has 13 heavy (non-hydrogen) atoms. The van der Waals surface area contributed by atoms with Crippen LogP contribution in [0.5, 0.6) is 5.75 Å². The summed E-state index contributed by atoms with van der Waals surface area (Å²) in [6.45, 7) is 5.84. The van der Waals surface area contributed by atoms with Crippen LogP contribution >= 0.6 is 0 Å². The molecule has 1 N–H and O–H groups in total. The molecule has 1 rings (SSSR count). The van der Waals surface area contributed by atoms with Gasteiger partial charge in [0.15, 0.2) is 6.29 Å². The molecule has 1 aromatic rings. The molecule has 0 saturated carbocycles. The van der Waals surface area contributed by atoms with Gasteiger partial charge in [0.25, 0.3) is 0 Å². The molecule has 2 nitrogen and oxygen atoms in total. The highest BCUT2D eigenvalue weighted by molar-refractivity contribution is 5.81. The Labute approximate surface area is 78.2 Å². The smallest absolute Gasteiger partial charge is 0.153 e. The van der Waals surface area contributed by atoms with Crippen molar-refractivity contribution in [3.05, 3.63) is 28.3 Å². The first-order valence-corrected chi connectivity index (χ1v) is 4.39. The van der Waals surface area contributed by atoms with Crippen molar-refractivity contribution in [2.45, 2.75) is 27.2 Å². The monoisotopic (exact) mass is 178 g/mol. The van der Waals surface area contributed by atoms with E-state index in [9.17, 15) is 9.90 Å². The lowest BCUT2D eigenvalue weighted by Gasteiger charge is -2.10. The van der Waals surface area contributed by atoms with Gasteiger partial charge in [-0.3, -0.25) is 4.79 Å². The van der Waals surface area contributed by atoms with Gasteiger partial charge in [0, 0.05) is 0 Å². The molecule has 0 aliphatic rings. The largest absolute Gasteiger partial charge is 0.507 e. The van der Waals surface area contributed by atoms with Crippen LogP contribution in [-0.4, -0.2) is 11.4 Å². The van der Waals surface area contributed by atoms with Crippen LogP contribution < -0.4 is 0 Å². The van der Waals surface area contributed by atoms with E-state index < -0.39 is 0 Å². The number of hydrogen-bond donors (Lipinski definition) is 1. The molecule has 0 amide bonds. The zero-order chi connectivity index (χ0) is 10.0. The number of rotatable bonds is 2. The highest BCUT2D eigenvalue weighted by Crippen LogP contribution is 2.27. The Morgan fingerprint density at radius 3 is 2.54 bits per heavy atom. The third-order valence-electron chi connectivity index (χ3n) is 2.41. The summed E-state index contributed by atoms with van der Waals surface area (Å²) >= 11 is 0. The van der Waals surface area contributed by atoms with E-state index in [2.05, 4.69) is 0 Å². The quantitative estimate of drug-likeness (QED) is 0.706. The van der Waals surface area contributed by atoms with Crippen LogP contribution in [0.15, 0.2) is 6.07 Å². The third kappa shape index (κ3) is 1.57. The van der Waals surface area contributed by atoms with Gasteiger partial charge in [0.1, 0.15) is 5.75 Å². The average Bonchev–Trinajstić information content (AvgIpc) is 2.12. The van der Waals surface area contributed by atoms with Crippen LogP contribution in [0.3, 0.4) is 0 Å². The van der Waals surface area contributed by atoms with Gasteiger partial charge in [-0.25, -0.2) is 0 Å². The second-order valence-corrected chi connectivity index (χ2v) is 3.21. The van der Waals surface area contributed by atoms with E-state index in [1.807, 2.05) is 20.8 Å². The van der Waals surface area contributed by atoms with Crippen LogP contribution in [0.4, 0.5) is 0 Å². The summed E-state index contributed by atoms with van der Waals surface area (Å²) in [6, 6.07) is 1.73. The number of carbonyl (C=O) groups is 1. The fourth-order valence-corrected chi connectivity index (χ4v) is 1.68. The molecule has 0 fully saturated rings. The molecule has 2 heteroatoms. The number of aryl methyl sites for hydroxylation is 1. The van der Waals surface area contributed by atoms with Crippen LogP contribution in [0, 0.1) is 13.8 Å². The third-order valence-corrected chi connectivity index (χ3v) is 2.41. The highest BCUT2D eigenvalue weighted by atomic mass is 16.3. The Hall–Kier alpha value is -1.31. The Morgan fingerprint density at radius 2 is 2.08 bits per heavy atom. The molecule has 0 saturated heterocycles. The number of aldehydes is 1. The minimum atomic E-state index is 0.123. The number of phenols is 1. The summed E-state index contributed by atoms with van der Waals surface area (Å²) in [6.07, 6.45) is 1.57. The van der Waals surface area contributed by atoms with Crippen molar-refractivity contribution >= 4 is 6.29 Å². The van der Waals surface area contributed by atoms with Crippen molar-refractivity contribution in [3.63, 3.8) is 0 Å². The number of benzene rings is 1. The summed E-state index contributed by atoms with van der Waals surface area (Å²) < 4.78 is 0. The summed E-state index contributed by atoms with van der Waals surface area (Å²) in [4.78, 5) is 10.6. The van der Waals surface area contributed by atoms with Crippen molar-refractivity contribution in [1.82, 2.24) is 0 Å². The Kier molecular flexibility index (Phi) is 2.71. The van der Waals surface area contributed by atoms with Gasteiger partial charge >= 0.3 is 0 Å². The van der Waals surface area contributed by atoms with Crippen molar-refractivity contribution in [2.24, 2.45) is 0 Å². The fraction of sp³-hybridized carbons (Fsp3) is 0.364. The molecule has 1 aromatic carbocycles. The Morgan fingerprint density at radius 1 is 1.46 bits per heavy atom. The maximum Gasteiger partial charge on any atom is 0.153 e. The SMILES string of the molecule is CCc1c(C)cc(C=O)c(O)c1C. The first-order chi connectivity index (χ1) is 6.11. The van der Waals surface area contributed by atoms with Gasteiger partial charge in [-0.1, -0.05) is 6.92 Å². The predicted molar refractivity (Wildman–Crippen MR) is 52.3 cm³/mol. The Balaban J connectivity index is 3.45. The van der Waals surface area contributed by atoms with Crippen LogP contribution in [-0.2, 0) is 6.42 Å². The van der Waals surface area contributed by atoms with Crippen molar-refractivity contribution in [1.29, 1.82) is 0 Å². The highest BCUT2D eigenvalue weighted by Gasteiger charge is 2.09. The summed E-state index contributed by atoms with van der Waals surface area (Å²) in [5.74, 6) is 0.123. The minimum Gasteiger partial charge on any atom is -0.507 e. The fourth-order valence-electron chi connectivity index (χ4n) is 1.68. The lowest BCUT2D eigenvalue weighted by atomic mass is 9.97. The first kappa shape index (κ1) is 9.78. The van der Waals surface area contributed by atoms with Gasteiger partial charge in [-0.05, 0) is 43.0 Å². The summed E-state index contributed by atoms with van der Waals surface area (Å²) in [7, 11) is 0. The summed E-state index contributed by atoms with van der Waals surface area (Å²) in [5.41, 5.74) is 3.40. The standard InChI is InChI=1S/C11H14O2/c1-4-10-7(2)5-9(6-12)11(13)8(10)3/h5-6,13H,4H2,1-3H3. The second-order valence-electron chi connectivity index (χ2n) is 3.21. The predicted octanol–water partition coefficient (Wildman–Crippen LogP) is 2.38. The van der Waals surface area contributed by atoms with E-state index in [0.717, 1.165) is 23.1 Å². The number of carbonyl (C=O) groups excluding carboxylic acids is 1. The zero-order valence-corrected chi connectivity index (χ0v) is 8.22. The van der Waals surface area contributed by atoms with Crippen LogP contribution in [0.1, 0.15) is 34.0 Å². The molecule has 0 atom stereocenters. The average molecular weight is 178 g/mol. The maximum atomic E-state index is 10.6. The summed E-state index contributed by atoms with van der Waals surface area (Å²) in [5, 5.41) is 9.60. The van der Waals surface area contributed by atoms with Crippen molar-refractivity contribution < 1.29 is 9.90 Å². The normalized spacial score (nSPS) is 10.1.